The van der Waals surface area contributed by atoms with Crippen molar-refractivity contribution in [3.8, 4) is 0 Å². The molecule has 0 aromatic heterocycles. The van der Waals surface area contributed by atoms with E-state index in [4.69, 9.17) is 14.2 Å². The average molecular weight is 868 g/mol. The topological polar surface area (TPSA) is 61.8 Å². The van der Waals surface area contributed by atoms with Gasteiger partial charge in [-0.3, -0.25) is 0 Å². The summed E-state index contributed by atoms with van der Waals surface area (Å²) in [6, 6.07) is 17.7. The van der Waals surface area contributed by atoms with Crippen molar-refractivity contribution in [1.82, 2.24) is 0 Å². The standard InChI is InChI=1S/C24H20Br6O5/c1-15(2)19(31)33-21(25,17-11-7-5-8-12-17)23(27,28)35-24(29,30)22(26,34-20(32)16(3)4)18-13-9-6-10-14-18/h5-14H,1,3H2,2,4H3. The molecule has 0 saturated carbocycles. The summed E-state index contributed by atoms with van der Waals surface area (Å²) in [6.07, 6.45) is 0. The first kappa shape index (κ1) is 30.9. The maximum Gasteiger partial charge on any atom is 0.334 e. The van der Waals surface area contributed by atoms with Crippen molar-refractivity contribution >= 4 is 108 Å². The molecule has 0 aliphatic carbocycles. The van der Waals surface area contributed by atoms with E-state index >= 15 is 0 Å². The fraction of sp³-hybridized carbons (Fsp3) is 0.250. The molecule has 0 aliphatic heterocycles. The number of ether oxygens (including phenoxy) is 3. The Balaban J connectivity index is 2.62. The van der Waals surface area contributed by atoms with Gasteiger partial charge in [0.2, 0.25) is 15.9 Å². The van der Waals surface area contributed by atoms with Gasteiger partial charge in [0.25, 0.3) is 0 Å². The molecule has 0 aliphatic rings. The molecular formula is C24H20Br6O5. The summed E-state index contributed by atoms with van der Waals surface area (Å²) < 4.78 is 11.4. The molecule has 0 radical (unpaired) electrons. The third-order valence-corrected chi connectivity index (χ3v) is 11.8. The zero-order valence-corrected chi connectivity index (χ0v) is 28.0. The van der Waals surface area contributed by atoms with E-state index in [9.17, 15) is 9.59 Å². The van der Waals surface area contributed by atoms with Crippen LogP contribution in [0.1, 0.15) is 25.0 Å². The highest BCUT2D eigenvalue weighted by Gasteiger charge is 2.62. The summed E-state index contributed by atoms with van der Waals surface area (Å²) in [6.45, 7) is 10.4. The van der Waals surface area contributed by atoms with Gasteiger partial charge in [-0.1, -0.05) is 73.8 Å². The first-order chi connectivity index (χ1) is 16.1. The van der Waals surface area contributed by atoms with E-state index in [1.807, 2.05) is 12.1 Å². The van der Waals surface area contributed by atoms with E-state index in [0.717, 1.165) is 0 Å². The lowest BCUT2D eigenvalue weighted by Crippen LogP contribution is -2.52. The third-order valence-electron chi connectivity index (χ3n) is 4.46. The van der Waals surface area contributed by atoms with Gasteiger partial charge < -0.3 is 14.2 Å². The van der Waals surface area contributed by atoms with Crippen LogP contribution in [-0.4, -0.2) is 18.8 Å². The van der Waals surface area contributed by atoms with Crippen LogP contribution in [-0.2, 0) is 32.8 Å². The van der Waals surface area contributed by atoms with Crippen LogP contribution in [0.3, 0.4) is 0 Å². The summed E-state index contributed by atoms with van der Waals surface area (Å²) in [7, 11) is 0. The number of benzene rings is 2. The Morgan fingerprint density at radius 3 is 1.17 bits per heavy atom. The lowest BCUT2D eigenvalue weighted by Gasteiger charge is -2.45. The van der Waals surface area contributed by atoms with Crippen molar-refractivity contribution in [2.45, 2.75) is 29.7 Å². The number of hydrogen-bond donors (Lipinski definition) is 0. The van der Waals surface area contributed by atoms with Crippen molar-refractivity contribution in [3.63, 3.8) is 0 Å². The Hall–Kier alpha value is -0.300. The van der Waals surface area contributed by atoms with Crippen LogP contribution in [0.2, 0.25) is 0 Å². The van der Waals surface area contributed by atoms with Crippen molar-refractivity contribution in [2.75, 3.05) is 0 Å². The van der Waals surface area contributed by atoms with Crippen molar-refractivity contribution in [2.24, 2.45) is 0 Å². The molecule has 35 heavy (non-hydrogen) atoms. The van der Waals surface area contributed by atoms with Gasteiger partial charge in [0.15, 0.2) is 0 Å². The number of hydrogen-bond acceptors (Lipinski definition) is 5. The molecular weight excluding hydrogens is 848 g/mol. The molecule has 5 nitrogen and oxygen atoms in total. The van der Waals surface area contributed by atoms with Crippen LogP contribution in [0, 0.1) is 0 Å². The maximum absolute atomic E-state index is 12.6. The second-order valence-electron chi connectivity index (χ2n) is 7.40. The molecule has 2 atom stereocenters. The Labute approximate surface area is 254 Å². The zero-order chi connectivity index (χ0) is 26.7. The quantitative estimate of drug-likeness (QED) is 0.136. The van der Waals surface area contributed by atoms with E-state index in [-0.39, 0.29) is 11.1 Å². The number of esters is 2. The van der Waals surface area contributed by atoms with E-state index in [1.54, 1.807) is 48.5 Å². The largest absolute Gasteiger partial charge is 0.434 e. The Kier molecular flexibility index (Phi) is 10.6. The fourth-order valence-electron chi connectivity index (χ4n) is 2.60. The average Bonchev–Trinajstić information content (AvgIpc) is 2.78. The van der Waals surface area contributed by atoms with Gasteiger partial charge in [-0.2, -0.15) is 0 Å². The fourth-order valence-corrected chi connectivity index (χ4v) is 6.66. The molecule has 0 heterocycles. The smallest absolute Gasteiger partial charge is 0.334 e. The van der Waals surface area contributed by atoms with Gasteiger partial charge in [0, 0.05) is 22.3 Å². The Morgan fingerprint density at radius 2 is 0.914 bits per heavy atom. The second-order valence-corrected chi connectivity index (χ2v) is 16.2. The molecule has 2 rings (SSSR count). The van der Waals surface area contributed by atoms with Gasteiger partial charge in [-0.05, 0) is 109 Å². The molecule has 0 bridgehead atoms. The summed E-state index contributed by atoms with van der Waals surface area (Å²) >= 11 is 21.2. The molecule has 2 aromatic rings. The molecule has 0 saturated heterocycles. The van der Waals surface area contributed by atoms with E-state index in [0.29, 0.717) is 11.1 Å². The highest BCUT2D eigenvalue weighted by molar-refractivity contribution is 9.27. The highest BCUT2D eigenvalue weighted by atomic mass is 79.9. The van der Waals surface area contributed by atoms with Crippen LogP contribution in [0.5, 0.6) is 0 Å². The van der Waals surface area contributed by atoms with Crippen molar-refractivity contribution in [1.29, 1.82) is 0 Å². The Bertz CT molecular complexity index is 1020. The number of carbonyl (C=O) groups excluding carboxylic acids is 2. The zero-order valence-electron chi connectivity index (χ0n) is 18.5. The minimum absolute atomic E-state index is 0.180. The first-order valence-electron chi connectivity index (χ1n) is 9.80. The van der Waals surface area contributed by atoms with Gasteiger partial charge in [0.05, 0.1) is 0 Å². The predicted octanol–water partition coefficient (Wildman–Crippen LogP) is 8.62. The molecule has 11 heteroatoms. The van der Waals surface area contributed by atoms with E-state index < -0.39 is 27.8 Å². The van der Waals surface area contributed by atoms with E-state index in [1.165, 1.54) is 13.8 Å². The summed E-state index contributed by atoms with van der Waals surface area (Å²) in [4.78, 5) is 25.2. The first-order valence-corrected chi connectivity index (χ1v) is 14.6. The van der Waals surface area contributed by atoms with Crippen LogP contribution in [0.4, 0.5) is 0 Å². The highest BCUT2D eigenvalue weighted by Crippen LogP contribution is 2.61. The van der Waals surface area contributed by atoms with Gasteiger partial charge in [0.1, 0.15) is 0 Å². The van der Waals surface area contributed by atoms with E-state index in [2.05, 4.69) is 109 Å². The number of halogens is 6. The van der Waals surface area contributed by atoms with Crippen molar-refractivity contribution in [3.05, 3.63) is 96.1 Å². The predicted molar refractivity (Wildman–Crippen MR) is 158 cm³/mol. The lowest BCUT2D eigenvalue weighted by atomic mass is 10.1. The minimum atomic E-state index is -1.66. The number of rotatable bonds is 10. The summed E-state index contributed by atoms with van der Waals surface area (Å²) in [5.74, 6) is -1.34. The van der Waals surface area contributed by atoms with Crippen molar-refractivity contribution < 1.29 is 23.8 Å². The van der Waals surface area contributed by atoms with Crippen LogP contribution < -0.4 is 0 Å². The monoisotopic (exact) mass is 862 g/mol. The van der Waals surface area contributed by atoms with Crippen LogP contribution in [0.25, 0.3) is 0 Å². The summed E-state index contributed by atoms with van der Waals surface area (Å²) in [5.41, 5.74) is 1.41. The molecule has 2 unspecified atom stereocenters. The molecule has 0 N–H and O–H groups in total. The second kappa shape index (κ2) is 12.0. The molecule has 0 amide bonds. The normalized spacial score (nSPS) is 15.3. The van der Waals surface area contributed by atoms with Crippen LogP contribution in [0.15, 0.2) is 85.0 Å². The van der Waals surface area contributed by atoms with Crippen LogP contribution >= 0.6 is 95.6 Å². The summed E-state index contributed by atoms with van der Waals surface area (Å²) in [5, 5.41) is 0. The molecule has 0 fully saturated rings. The van der Waals surface area contributed by atoms with Gasteiger partial charge >= 0.3 is 11.9 Å². The Morgan fingerprint density at radius 1 is 0.629 bits per heavy atom. The number of alkyl halides is 6. The molecule has 0 spiro atoms. The van der Waals surface area contributed by atoms with Gasteiger partial charge in [-0.15, -0.1) is 0 Å². The minimum Gasteiger partial charge on any atom is -0.434 e. The third kappa shape index (κ3) is 6.97. The number of carbonyl (C=O) groups is 2. The SMILES string of the molecule is C=C(C)C(=O)OC(Br)(c1ccccc1)C(Br)(Br)OC(Br)(Br)C(Br)(OC(=O)C(=C)C)c1ccccc1. The maximum atomic E-state index is 12.6. The molecule has 2 aromatic carbocycles. The van der Waals surface area contributed by atoms with Gasteiger partial charge in [-0.25, -0.2) is 9.59 Å². The lowest BCUT2D eigenvalue weighted by molar-refractivity contribution is -0.165. The molecule has 188 valence electrons.